The summed E-state index contributed by atoms with van der Waals surface area (Å²) in [5, 5.41) is 9.65. The number of rotatable bonds is 6. The summed E-state index contributed by atoms with van der Waals surface area (Å²) >= 11 is 0. The molecule has 1 aliphatic rings. The van der Waals surface area contributed by atoms with Crippen LogP contribution in [0.4, 0.5) is 4.39 Å². The first kappa shape index (κ1) is 18.2. The predicted molar refractivity (Wildman–Crippen MR) is 95.1 cm³/mol. The van der Waals surface area contributed by atoms with Gasteiger partial charge < -0.3 is 14.6 Å². The highest BCUT2D eigenvalue weighted by molar-refractivity contribution is 5.72. The Morgan fingerprint density at radius 3 is 2.69 bits per heavy atom. The third kappa shape index (κ3) is 3.80. The fourth-order valence-corrected chi connectivity index (χ4v) is 3.54. The monoisotopic (exact) mass is 359 g/mol. The molecular formula is C20H22FNO4. The zero-order chi connectivity index (χ0) is 18.7. The molecule has 1 N–H and O–H groups in total. The fourth-order valence-electron chi connectivity index (χ4n) is 3.54. The van der Waals surface area contributed by atoms with Gasteiger partial charge in [0, 0.05) is 25.6 Å². The van der Waals surface area contributed by atoms with E-state index in [1.165, 1.54) is 13.2 Å². The second kappa shape index (κ2) is 7.74. The van der Waals surface area contributed by atoms with E-state index in [4.69, 9.17) is 9.47 Å². The number of likely N-dealkylation sites (tertiary alicyclic amines) is 1. The van der Waals surface area contributed by atoms with Crippen molar-refractivity contribution in [1.82, 2.24) is 4.90 Å². The number of methoxy groups -OCH3 is 2. The Balaban J connectivity index is 1.79. The van der Waals surface area contributed by atoms with E-state index in [0.717, 1.165) is 11.1 Å². The molecule has 2 aromatic rings. The second-order valence-electron chi connectivity index (χ2n) is 6.49. The minimum absolute atomic E-state index is 0.120. The van der Waals surface area contributed by atoms with Gasteiger partial charge in [-0.25, -0.2) is 4.39 Å². The molecule has 0 aromatic heterocycles. The lowest BCUT2D eigenvalue weighted by molar-refractivity contribution is -0.141. The molecular weight excluding hydrogens is 337 g/mol. The highest BCUT2D eigenvalue weighted by atomic mass is 19.1. The number of halogens is 1. The van der Waals surface area contributed by atoms with E-state index in [0.29, 0.717) is 25.4 Å². The highest BCUT2D eigenvalue weighted by Gasteiger charge is 2.38. The quantitative estimate of drug-likeness (QED) is 0.859. The Kier molecular flexibility index (Phi) is 5.42. The first-order chi connectivity index (χ1) is 12.5. The lowest BCUT2D eigenvalue weighted by Crippen LogP contribution is -2.23. The molecule has 2 aromatic carbocycles. The van der Waals surface area contributed by atoms with Crippen LogP contribution < -0.4 is 9.47 Å². The standard InChI is InChI=1S/C20H22FNO4/c1-25-15-5-3-4-14(9-15)16-11-22(12-17(16)20(23)24)10-13-6-7-18(21)19(8-13)26-2/h3-9,16-17H,10-12H2,1-2H3,(H,23,24)/t16-,17+/m0/s1. The second-order valence-corrected chi connectivity index (χ2v) is 6.49. The Hall–Kier alpha value is -2.60. The first-order valence-electron chi connectivity index (χ1n) is 8.43. The Morgan fingerprint density at radius 1 is 1.19 bits per heavy atom. The van der Waals surface area contributed by atoms with Gasteiger partial charge in [0.05, 0.1) is 20.1 Å². The van der Waals surface area contributed by atoms with Gasteiger partial charge in [-0.2, -0.15) is 0 Å². The number of carboxylic acid groups (broad SMARTS) is 1. The molecule has 5 nitrogen and oxygen atoms in total. The number of aliphatic carboxylic acids is 1. The van der Waals surface area contributed by atoms with Gasteiger partial charge in [0.2, 0.25) is 0 Å². The van der Waals surface area contributed by atoms with E-state index in [1.54, 1.807) is 19.2 Å². The average Bonchev–Trinajstić information content (AvgIpc) is 3.07. The molecule has 1 heterocycles. The number of nitrogens with zero attached hydrogens (tertiary/aromatic N) is 1. The van der Waals surface area contributed by atoms with Gasteiger partial charge in [-0.3, -0.25) is 9.69 Å². The minimum Gasteiger partial charge on any atom is -0.497 e. The molecule has 138 valence electrons. The van der Waals surface area contributed by atoms with Gasteiger partial charge in [0.25, 0.3) is 0 Å². The van der Waals surface area contributed by atoms with Crippen molar-refractivity contribution < 1.29 is 23.8 Å². The molecule has 1 fully saturated rings. The van der Waals surface area contributed by atoms with Gasteiger partial charge in [-0.1, -0.05) is 18.2 Å². The van der Waals surface area contributed by atoms with Gasteiger partial charge >= 0.3 is 5.97 Å². The average molecular weight is 359 g/mol. The predicted octanol–water partition coefficient (Wildman–Crippen LogP) is 3.14. The lowest BCUT2D eigenvalue weighted by Gasteiger charge is -2.17. The summed E-state index contributed by atoms with van der Waals surface area (Å²) in [6.07, 6.45) is 0. The van der Waals surface area contributed by atoms with Crippen molar-refractivity contribution in [2.75, 3.05) is 27.3 Å². The van der Waals surface area contributed by atoms with Crippen molar-refractivity contribution in [3.63, 3.8) is 0 Å². The maximum absolute atomic E-state index is 13.6. The van der Waals surface area contributed by atoms with E-state index in [2.05, 4.69) is 4.90 Å². The molecule has 1 saturated heterocycles. The van der Waals surface area contributed by atoms with Crippen molar-refractivity contribution in [3.8, 4) is 11.5 Å². The van der Waals surface area contributed by atoms with Crippen LogP contribution in [0.2, 0.25) is 0 Å². The van der Waals surface area contributed by atoms with Crippen LogP contribution in [-0.4, -0.2) is 43.3 Å². The molecule has 3 rings (SSSR count). The molecule has 0 spiro atoms. The summed E-state index contributed by atoms with van der Waals surface area (Å²) in [6, 6.07) is 12.3. The number of benzene rings is 2. The molecule has 0 aliphatic carbocycles. The molecule has 0 bridgehead atoms. The van der Waals surface area contributed by atoms with E-state index >= 15 is 0 Å². The molecule has 0 amide bonds. The summed E-state index contributed by atoms with van der Waals surface area (Å²) in [5.74, 6) is -0.920. The van der Waals surface area contributed by atoms with Crippen LogP contribution in [0.1, 0.15) is 17.0 Å². The smallest absolute Gasteiger partial charge is 0.308 e. The minimum atomic E-state index is -0.808. The lowest BCUT2D eigenvalue weighted by atomic mass is 9.89. The van der Waals surface area contributed by atoms with Crippen molar-refractivity contribution in [2.24, 2.45) is 5.92 Å². The first-order valence-corrected chi connectivity index (χ1v) is 8.43. The van der Waals surface area contributed by atoms with Gasteiger partial charge in [0.15, 0.2) is 11.6 Å². The number of ether oxygens (including phenoxy) is 2. The van der Waals surface area contributed by atoms with Crippen molar-refractivity contribution in [1.29, 1.82) is 0 Å². The van der Waals surface area contributed by atoms with Gasteiger partial charge in [0.1, 0.15) is 5.75 Å². The Bertz CT molecular complexity index is 795. The van der Waals surface area contributed by atoms with Crippen molar-refractivity contribution in [3.05, 3.63) is 59.4 Å². The third-order valence-corrected chi connectivity index (χ3v) is 4.86. The summed E-state index contributed by atoms with van der Waals surface area (Å²) < 4.78 is 23.9. The van der Waals surface area contributed by atoms with Crippen LogP contribution in [0.25, 0.3) is 0 Å². The van der Waals surface area contributed by atoms with E-state index in [-0.39, 0.29) is 11.7 Å². The molecule has 1 aliphatic heterocycles. The van der Waals surface area contributed by atoms with E-state index < -0.39 is 17.7 Å². The van der Waals surface area contributed by atoms with Crippen molar-refractivity contribution in [2.45, 2.75) is 12.5 Å². The van der Waals surface area contributed by atoms with Crippen LogP contribution in [0.3, 0.4) is 0 Å². The zero-order valence-electron chi connectivity index (χ0n) is 14.8. The largest absolute Gasteiger partial charge is 0.497 e. The molecule has 2 atom stereocenters. The number of carbonyl (C=O) groups is 1. The summed E-state index contributed by atoms with van der Waals surface area (Å²) in [5.41, 5.74) is 1.84. The summed E-state index contributed by atoms with van der Waals surface area (Å²) in [4.78, 5) is 13.8. The normalized spacial score (nSPS) is 20.1. The molecule has 6 heteroatoms. The Labute approximate surface area is 152 Å². The molecule has 26 heavy (non-hydrogen) atoms. The third-order valence-electron chi connectivity index (χ3n) is 4.86. The Morgan fingerprint density at radius 2 is 2.00 bits per heavy atom. The molecule has 0 radical (unpaired) electrons. The van der Waals surface area contributed by atoms with Crippen LogP contribution in [0.15, 0.2) is 42.5 Å². The zero-order valence-corrected chi connectivity index (χ0v) is 14.8. The summed E-state index contributed by atoms with van der Waals surface area (Å²) in [7, 11) is 3.02. The van der Waals surface area contributed by atoms with E-state index in [1.807, 2.05) is 24.3 Å². The SMILES string of the molecule is COc1cccc([C@@H]2CN(Cc3ccc(F)c(OC)c3)C[C@H]2C(=O)O)c1. The van der Waals surface area contributed by atoms with Crippen LogP contribution in [0, 0.1) is 11.7 Å². The topological polar surface area (TPSA) is 59.0 Å². The number of carboxylic acids is 1. The van der Waals surface area contributed by atoms with Crippen LogP contribution in [-0.2, 0) is 11.3 Å². The van der Waals surface area contributed by atoms with Crippen LogP contribution >= 0.6 is 0 Å². The van der Waals surface area contributed by atoms with Gasteiger partial charge in [-0.05, 0) is 35.4 Å². The van der Waals surface area contributed by atoms with Crippen LogP contribution in [0.5, 0.6) is 11.5 Å². The van der Waals surface area contributed by atoms with E-state index in [9.17, 15) is 14.3 Å². The highest BCUT2D eigenvalue weighted by Crippen LogP contribution is 2.35. The molecule has 0 saturated carbocycles. The fraction of sp³-hybridized carbons (Fsp3) is 0.350. The summed E-state index contributed by atoms with van der Waals surface area (Å²) in [6.45, 7) is 1.60. The van der Waals surface area contributed by atoms with Gasteiger partial charge in [-0.15, -0.1) is 0 Å². The molecule has 0 unspecified atom stereocenters. The number of hydrogen-bond acceptors (Lipinski definition) is 4. The van der Waals surface area contributed by atoms with Crippen molar-refractivity contribution >= 4 is 5.97 Å². The number of hydrogen-bond donors (Lipinski definition) is 1. The maximum atomic E-state index is 13.6. The maximum Gasteiger partial charge on any atom is 0.308 e.